The first-order valence-corrected chi connectivity index (χ1v) is 5.29. The van der Waals surface area contributed by atoms with Crippen LogP contribution in [0, 0.1) is 13.8 Å². The molecule has 2 nitrogen and oxygen atoms in total. The van der Waals surface area contributed by atoms with Gasteiger partial charge in [-0.15, -0.1) is 0 Å². The second-order valence-corrected chi connectivity index (χ2v) is 3.96. The van der Waals surface area contributed by atoms with Crippen LogP contribution >= 0.6 is 0 Å². The fraction of sp³-hybridized carbons (Fsp3) is 0.143. The van der Waals surface area contributed by atoms with Gasteiger partial charge in [-0.1, -0.05) is 30.3 Å². The van der Waals surface area contributed by atoms with Gasteiger partial charge in [-0.3, -0.25) is 10.7 Å². The molecule has 2 aromatic rings. The molecule has 0 aromatic heterocycles. The molecule has 2 N–H and O–H groups in total. The van der Waals surface area contributed by atoms with Crippen LogP contribution in [0.3, 0.4) is 0 Å². The standard InChI is InChI=1S/C14H15NO/c1-10-5-3-4-6-13(10)12-7-8-14(15-16)11(2)9-12/h3-9,15-16H,1-2H3. The summed E-state index contributed by atoms with van der Waals surface area (Å²) in [4.78, 5) is 0. The molecule has 82 valence electrons. The molecule has 0 fully saturated rings. The Balaban J connectivity index is 2.50. The molecule has 0 atom stereocenters. The van der Waals surface area contributed by atoms with E-state index in [1.807, 2.05) is 31.2 Å². The van der Waals surface area contributed by atoms with Gasteiger partial charge in [0.25, 0.3) is 0 Å². The number of anilines is 1. The van der Waals surface area contributed by atoms with Gasteiger partial charge in [-0.25, -0.2) is 0 Å². The van der Waals surface area contributed by atoms with Crippen LogP contribution in [0.15, 0.2) is 42.5 Å². The summed E-state index contributed by atoms with van der Waals surface area (Å²) in [5.41, 5.74) is 7.63. The Kier molecular flexibility index (Phi) is 2.93. The van der Waals surface area contributed by atoms with Crippen LogP contribution < -0.4 is 5.48 Å². The fourth-order valence-electron chi connectivity index (χ4n) is 1.85. The van der Waals surface area contributed by atoms with Gasteiger partial charge in [-0.2, -0.15) is 0 Å². The van der Waals surface area contributed by atoms with E-state index in [2.05, 4.69) is 30.6 Å². The second-order valence-electron chi connectivity index (χ2n) is 3.96. The van der Waals surface area contributed by atoms with Gasteiger partial charge in [0.05, 0.1) is 5.69 Å². The van der Waals surface area contributed by atoms with Crippen molar-refractivity contribution in [1.82, 2.24) is 0 Å². The SMILES string of the molecule is Cc1cc(-c2ccccc2C)ccc1NO. The number of hydrogen-bond acceptors (Lipinski definition) is 2. The maximum absolute atomic E-state index is 8.88. The van der Waals surface area contributed by atoms with Gasteiger partial charge in [0.2, 0.25) is 0 Å². The second kappa shape index (κ2) is 4.37. The molecular formula is C14H15NO. The molecule has 0 unspecified atom stereocenters. The predicted octanol–water partition coefficient (Wildman–Crippen LogP) is 3.77. The summed E-state index contributed by atoms with van der Waals surface area (Å²) in [5.74, 6) is 0. The molecule has 0 radical (unpaired) electrons. The van der Waals surface area contributed by atoms with Gasteiger partial charge in [-0.05, 0) is 48.2 Å². The van der Waals surface area contributed by atoms with Crippen molar-refractivity contribution in [1.29, 1.82) is 0 Å². The van der Waals surface area contributed by atoms with Gasteiger partial charge in [0, 0.05) is 0 Å². The van der Waals surface area contributed by atoms with Crippen molar-refractivity contribution in [3.05, 3.63) is 53.6 Å². The minimum atomic E-state index is 0.748. The minimum absolute atomic E-state index is 0.748. The van der Waals surface area contributed by atoms with Crippen LogP contribution in [0.25, 0.3) is 11.1 Å². The lowest BCUT2D eigenvalue weighted by atomic mass is 9.99. The van der Waals surface area contributed by atoms with Crippen molar-refractivity contribution in [2.45, 2.75) is 13.8 Å². The lowest BCUT2D eigenvalue weighted by Gasteiger charge is -2.09. The predicted molar refractivity (Wildman–Crippen MR) is 66.8 cm³/mol. The largest absolute Gasteiger partial charge is 0.291 e. The molecule has 2 heteroatoms. The normalized spacial score (nSPS) is 10.2. The third kappa shape index (κ3) is 1.92. The summed E-state index contributed by atoms with van der Waals surface area (Å²) in [5, 5.41) is 8.88. The van der Waals surface area contributed by atoms with Crippen LogP contribution in [-0.4, -0.2) is 5.21 Å². The number of aryl methyl sites for hydroxylation is 2. The van der Waals surface area contributed by atoms with E-state index in [9.17, 15) is 0 Å². The zero-order valence-corrected chi connectivity index (χ0v) is 9.49. The highest BCUT2D eigenvalue weighted by Crippen LogP contribution is 2.26. The molecule has 2 rings (SSSR count). The highest BCUT2D eigenvalue weighted by molar-refractivity contribution is 5.70. The summed E-state index contributed by atoms with van der Waals surface area (Å²) in [6.45, 7) is 4.07. The number of hydrogen-bond donors (Lipinski definition) is 2. The van der Waals surface area contributed by atoms with E-state index in [1.54, 1.807) is 0 Å². The average molecular weight is 213 g/mol. The van der Waals surface area contributed by atoms with E-state index in [1.165, 1.54) is 16.7 Å². The van der Waals surface area contributed by atoms with E-state index in [0.29, 0.717) is 0 Å². The summed E-state index contributed by atoms with van der Waals surface area (Å²) in [6, 6.07) is 14.2. The average Bonchev–Trinajstić information content (AvgIpc) is 2.29. The minimum Gasteiger partial charge on any atom is -0.291 e. The number of benzene rings is 2. The first-order chi connectivity index (χ1) is 7.72. The Morgan fingerprint density at radius 2 is 1.69 bits per heavy atom. The van der Waals surface area contributed by atoms with E-state index in [4.69, 9.17) is 5.21 Å². The van der Waals surface area contributed by atoms with Gasteiger partial charge >= 0.3 is 0 Å². The number of nitrogens with one attached hydrogen (secondary N) is 1. The molecule has 0 aliphatic heterocycles. The first kappa shape index (κ1) is 10.7. The van der Waals surface area contributed by atoms with Crippen LogP contribution in [0.5, 0.6) is 0 Å². The third-order valence-electron chi connectivity index (χ3n) is 2.80. The quantitative estimate of drug-likeness (QED) is 0.744. The topological polar surface area (TPSA) is 32.3 Å². The molecule has 0 aliphatic carbocycles. The van der Waals surface area contributed by atoms with Crippen molar-refractivity contribution in [2.24, 2.45) is 0 Å². The maximum Gasteiger partial charge on any atom is 0.0631 e. The van der Waals surface area contributed by atoms with Crippen molar-refractivity contribution in [2.75, 3.05) is 5.48 Å². The molecule has 0 spiro atoms. The van der Waals surface area contributed by atoms with Gasteiger partial charge in [0.1, 0.15) is 0 Å². The van der Waals surface area contributed by atoms with E-state index in [-0.39, 0.29) is 0 Å². The van der Waals surface area contributed by atoms with Crippen LogP contribution in [0.1, 0.15) is 11.1 Å². The highest BCUT2D eigenvalue weighted by atomic mass is 16.5. The molecule has 0 amide bonds. The lowest BCUT2D eigenvalue weighted by Crippen LogP contribution is -1.93. The fourth-order valence-corrected chi connectivity index (χ4v) is 1.85. The van der Waals surface area contributed by atoms with Crippen molar-refractivity contribution in [3.63, 3.8) is 0 Å². The Labute approximate surface area is 95.5 Å². The summed E-state index contributed by atoms with van der Waals surface area (Å²) < 4.78 is 0. The Morgan fingerprint density at radius 3 is 2.31 bits per heavy atom. The number of rotatable bonds is 2. The summed E-state index contributed by atoms with van der Waals surface area (Å²) in [6.07, 6.45) is 0. The Hall–Kier alpha value is -1.80. The van der Waals surface area contributed by atoms with Crippen molar-refractivity contribution in [3.8, 4) is 11.1 Å². The maximum atomic E-state index is 8.88. The van der Waals surface area contributed by atoms with Crippen LogP contribution in [-0.2, 0) is 0 Å². The van der Waals surface area contributed by atoms with Crippen molar-refractivity contribution >= 4 is 5.69 Å². The summed E-state index contributed by atoms with van der Waals surface area (Å²) in [7, 11) is 0. The zero-order chi connectivity index (χ0) is 11.5. The monoisotopic (exact) mass is 213 g/mol. The molecule has 0 aliphatic rings. The molecular weight excluding hydrogens is 198 g/mol. The molecule has 2 aromatic carbocycles. The smallest absolute Gasteiger partial charge is 0.0631 e. The molecule has 0 saturated carbocycles. The van der Waals surface area contributed by atoms with E-state index in [0.717, 1.165) is 11.3 Å². The van der Waals surface area contributed by atoms with Gasteiger partial charge < -0.3 is 0 Å². The summed E-state index contributed by atoms with van der Waals surface area (Å²) >= 11 is 0. The zero-order valence-electron chi connectivity index (χ0n) is 9.49. The van der Waals surface area contributed by atoms with Crippen molar-refractivity contribution < 1.29 is 5.21 Å². The first-order valence-electron chi connectivity index (χ1n) is 5.29. The highest BCUT2D eigenvalue weighted by Gasteiger charge is 2.03. The molecule has 16 heavy (non-hydrogen) atoms. The van der Waals surface area contributed by atoms with E-state index < -0.39 is 0 Å². The lowest BCUT2D eigenvalue weighted by molar-refractivity contribution is 0.388. The van der Waals surface area contributed by atoms with E-state index >= 15 is 0 Å². The molecule has 0 heterocycles. The van der Waals surface area contributed by atoms with Gasteiger partial charge in [0.15, 0.2) is 0 Å². The molecule has 0 saturated heterocycles. The third-order valence-corrected chi connectivity index (χ3v) is 2.80. The molecule has 0 bridgehead atoms. The van der Waals surface area contributed by atoms with Crippen LogP contribution in [0.4, 0.5) is 5.69 Å². The Bertz CT molecular complexity index is 506. The van der Waals surface area contributed by atoms with Crippen LogP contribution in [0.2, 0.25) is 0 Å². The Morgan fingerprint density at radius 1 is 0.938 bits per heavy atom.